The maximum atomic E-state index is 10.4. The lowest BCUT2D eigenvalue weighted by molar-refractivity contribution is -0.131. The summed E-state index contributed by atoms with van der Waals surface area (Å²) in [6.45, 7) is 0. The normalized spacial score (nSPS) is 9.92. The number of aliphatic carboxylic acids is 1. The van der Waals surface area contributed by atoms with Gasteiger partial charge in [-0.25, -0.2) is 9.59 Å². The molecule has 2 aromatic rings. The second-order valence-corrected chi connectivity index (χ2v) is 4.79. The molecule has 0 atom stereocenters. The summed E-state index contributed by atoms with van der Waals surface area (Å²) in [7, 11) is 2.79. The number of ether oxygens (including phenoxy) is 2. The zero-order valence-corrected chi connectivity index (χ0v) is 14.0. The van der Waals surface area contributed by atoms with Gasteiger partial charge in [-0.2, -0.15) is 0 Å². The van der Waals surface area contributed by atoms with Crippen LogP contribution in [0.25, 0.3) is 6.08 Å². The zero-order valence-electron chi connectivity index (χ0n) is 14.0. The molecule has 0 saturated carbocycles. The van der Waals surface area contributed by atoms with Gasteiger partial charge >= 0.3 is 11.9 Å². The van der Waals surface area contributed by atoms with Crippen molar-refractivity contribution in [1.29, 1.82) is 0 Å². The summed E-state index contributed by atoms with van der Waals surface area (Å²) >= 11 is 0. The average molecular weight is 362 g/mol. The van der Waals surface area contributed by atoms with E-state index in [9.17, 15) is 14.7 Å². The predicted molar refractivity (Wildman–Crippen MR) is 92.9 cm³/mol. The molecule has 0 bridgehead atoms. The van der Waals surface area contributed by atoms with Gasteiger partial charge in [0, 0.05) is 6.08 Å². The topological polar surface area (TPSA) is 134 Å². The van der Waals surface area contributed by atoms with Crippen LogP contribution in [0.3, 0.4) is 0 Å². The lowest BCUT2D eigenvalue weighted by Crippen LogP contribution is -1.96. The van der Waals surface area contributed by atoms with Crippen molar-refractivity contribution in [3.63, 3.8) is 0 Å². The first-order valence-electron chi connectivity index (χ1n) is 7.16. The molecule has 8 nitrogen and oxygen atoms in total. The Morgan fingerprint density at radius 2 is 1.42 bits per heavy atom. The molecular formula is C18H18O8. The van der Waals surface area contributed by atoms with Crippen LogP contribution >= 0.6 is 0 Å². The van der Waals surface area contributed by atoms with Gasteiger partial charge in [0.2, 0.25) is 0 Å². The van der Waals surface area contributed by atoms with E-state index in [0.29, 0.717) is 11.3 Å². The van der Waals surface area contributed by atoms with E-state index in [4.69, 9.17) is 24.8 Å². The Morgan fingerprint density at radius 3 is 1.92 bits per heavy atom. The van der Waals surface area contributed by atoms with Crippen molar-refractivity contribution in [3.05, 3.63) is 53.6 Å². The van der Waals surface area contributed by atoms with Gasteiger partial charge in [-0.3, -0.25) is 0 Å². The second kappa shape index (κ2) is 9.58. The Morgan fingerprint density at radius 1 is 0.885 bits per heavy atom. The van der Waals surface area contributed by atoms with Crippen LogP contribution in [-0.2, 0) is 4.79 Å². The van der Waals surface area contributed by atoms with Crippen LogP contribution in [0.5, 0.6) is 23.0 Å². The number of hydrogen-bond donors (Lipinski definition) is 4. The Bertz CT molecular complexity index is 811. The minimum absolute atomic E-state index is 0.0278. The number of phenols is 2. The molecule has 2 aromatic carbocycles. The summed E-state index contributed by atoms with van der Waals surface area (Å²) in [5.41, 5.74) is 0.742. The SMILES string of the molecule is COc1cc(/C=C/C(=O)O)ccc1O.COc1cc(C(=O)O)ccc1O. The molecule has 8 heteroatoms. The molecule has 0 aliphatic carbocycles. The summed E-state index contributed by atoms with van der Waals surface area (Å²) < 4.78 is 9.58. The van der Waals surface area contributed by atoms with Crippen molar-refractivity contribution < 1.29 is 39.5 Å². The first kappa shape index (κ1) is 20.4. The van der Waals surface area contributed by atoms with Crippen molar-refractivity contribution in [3.8, 4) is 23.0 Å². The highest BCUT2D eigenvalue weighted by atomic mass is 16.5. The number of aromatic carboxylic acids is 1. The van der Waals surface area contributed by atoms with Crippen LogP contribution in [0.15, 0.2) is 42.5 Å². The smallest absolute Gasteiger partial charge is 0.335 e. The third-order valence-electron chi connectivity index (χ3n) is 3.05. The number of hydrogen-bond acceptors (Lipinski definition) is 6. The van der Waals surface area contributed by atoms with E-state index in [0.717, 1.165) is 6.08 Å². The van der Waals surface area contributed by atoms with Crippen LogP contribution in [0.2, 0.25) is 0 Å². The number of methoxy groups -OCH3 is 2. The summed E-state index contributed by atoms with van der Waals surface area (Å²) in [4.78, 5) is 20.7. The monoisotopic (exact) mass is 362 g/mol. The third-order valence-corrected chi connectivity index (χ3v) is 3.05. The minimum Gasteiger partial charge on any atom is -0.504 e. The maximum absolute atomic E-state index is 10.4. The Balaban J connectivity index is 0.000000263. The quantitative estimate of drug-likeness (QED) is 0.596. The van der Waals surface area contributed by atoms with E-state index in [-0.39, 0.29) is 22.8 Å². The van der Waals surface area contributed by atoms with E-state index >= 15 is 0 Å². The van der Waals surface area contributed by atoms with Crippen LogP contribution in [-0.4, -0.2) is 46.6 Å². The molecule has 0 saturated heterocycles. The number of aromatic hydroxyl groups is 2. The first-order chi connectivity index (χ1) is 12.3. The van der Waals surface area contributed by atoms with E-state index < -0.39 is 11.9 Å². The van der Waals surface area contributed by atoms with E-state index in [1.54, 1.807) is 12.1 Å². The largest absolute Gasteiger partial charge is 0.504 e. The van der Waals surface area contributed by atoms with E-state index in [1.807, 2.05) is 0 Å². The maximum Gasteiger partial charge on any atom is 0.335 e. The van der Waals surface area contributed by atoms with Crippen LogP contribution in [0, 0.1) is 0 Å². The fraction of sp³-hybridized carbons (Fsp3) is 0.111. The number of phenolic OH excluding ortho intramolecular Hbond substituents is 2. The number of carbonyl (C=O) groups is 2. The number of carboxylic acid groups (broad SMARTS) is 2. The molecule has 0 amide bonds. The van der Waals surface area contributed by atoms with Crippen molar-refractivity contribution >= 4 is 18.0 Å². The summed E-state index contributed by atoms with van der Waals surface area (Å²) in [6.07, 6.45) is 2.44. The van der Waals surface area contributed by atoms with Crippen LogP contribution < -0.4 is 9.47 Å². The van der Waals surface area contributed by atoms with Gasteiger partial charge in [0.1, 0.15) is 0 Å². The molecule has 0 fully saturated rings. The van der Waals surface area contributed by atoms with Gasteiger partial charge in [0.05, 0.1) is 19.8 Å². The standard InChI is InChI=1S/C10H10O4.C8H8O4/c1-14-9-6-7(2-4-8(9)11)3-5-10(12)13;1-12-7-4-5(8(10)11)2-3-6(7)9/h2-6,11H,1H3,(H,12,13);2-4,9H,1H3,(H,10,11)/b5-3+;. The molecular weight excluding hydrogens is 344 g/mol. The molecule has 138 valence electrons. The van der Waals surface area contributed by atoms with Gasteiger partial charge < -0.3 is 29.9 Å². The highest BCUT2D eigenvalue weighted by Crippen LogP contribution is 2.27. The lowest BCUT2D eigenvalue weighted by atomic mass is 10.2. The van der Waals surface area contributed by atoms with E-state index in [1.165, 1.54) is 44.6 Å². The molecule has 4 N–H and O–H groups in total. The fourth-order valence-corrected chi connectivity index (χ4v) is 1.78. The number of benzene rings is 2. The highest BCUT2D eigenvalue weighted by Gasteiger charge is 2.07. The lowest BCUT2D eigenvalue weighted by Gasteiger charge is -2.03. The first-order valence-corrected chi connectivity index (χ1v) is 7.16. The van der Waals surface area contributed by atoms with Crippen LogP contribution in [0.4, 0.5) is 0 Å². The van der Waals surface area contributed by atoms with Gasteiger partial charge in [-0.15, -0.1) is 0 Å². The second-order valence-electron chi connectivity index (χ2n) is 4.79. The fourth-order valence-electron chi connectivity index (χ4n) is 1.78. The molecule has 0 aliphatic rings. The Kier molecular flexibility index (Phi) is 7.50. The zero-order chi connectivity index (χ0) is 19.7. The van der Waals surface area contributed by atoms with E-state index in [2.05, 4.69) is 0 Å². The Hall–Kier alpha value is -3.68. The Labute approximate surface area is 149 Å². The number of rotatable bonds is 5. The molecule has 0 spiro atoms. The van der Waals surface area contributed by atoms with Crippen molar-refractivity contribution in [2.75, 3.05) is 14.2 Å². The minimum atomic E-state index is -1.05. The van der Waals surface area contributed by atoms with Gasteiger partial charge in [-0.05, 0) is 42.0 Å². The van der Waals surface area contributed by atoms with Gasteiger partial charge in [-0.1, -0.05) is 6.07 Å². The molecule has 0 aromatic heterocycles. The number of carboxylic acids is 2. The molecule has 26 heavy (non-hydrogen) atoms. The van der Waals surface area contributed by atoms with Gasteiger partial charge in [0.25, 0.3) is 0 Å². The molecule has 0 heterocycles. The van der Waals surface area contributed by atoms with Gasteiger partial charge in [0.15, 0.2) is 23.0 Å². The summed E-state index contributed by atoms with van der Waals surface area (Å²) in [5.74, 6) is -1.62. The molecule has 0 unspecified atom stereocenters. The average Bonchev–Trinajstić information content (AvgIpc) is 2.61. The highest BCUT2D eigenvalue weighted by molar-refractivity contribution is 5.88. The van der Waals surface area contributed by atoms with Crippen LogP contribution in [0.1, 0.15) is 15.9 Å². The van der Waals surface area contributed by atoms with Crippen molar-refractivity contribution in [2.45, 2.75) is 0 Å². The molecule has 2 rings (SSSR count). The summed E-state index contributed by atoms with van der Waals surface area (Å²) in [6, 6.07) is 8.44. The summed E-state index contributed by atoms with van der Waals surface area (Å²) in [5, 5.41) is 35.3. The van der Waals surface area contributed by atoms with Crippen molar-refractivity contribution in [2.24, 2.45) is 0 Å². The predicted octanol–water partition coefficient (Wildman–Crippen LogP) is 2.60. The molecule has 0 aliphatic heterocycles. The molecule has 0 radical (unpaired) electrons. The van der Waals surface area contributed by atoms with Crippen molar-refractivity contribution in [1.82, 2.24) is 0 Å². The third kappa shape index (κ3) is 6.08.